The fourth-order valence-corrected chi connectivity index (χ4v) is 1.66. The molecule has 0 saturated heterocycles. The van der Waals surface area contributed by atoms with E-state index in [1.807, 2.05) is 19.1 Å². The zero-order valence-corrected chi connectivity index (χ0v) is 9.36. The molecule has 4 nitrogen and oxygen atoms in total. The van der Waals surface area contributed by atoms with Gasteiger partial charge in [0.15, 0.2) is 5.82 Å². The molecule has 0 radical (unpaired) electrons. The van der Waals surface area contributed by atoms with E-state index in [2.05, 4.69) is 11.2 Å². The van der Waals surface area contributed by atoms with Crippen LogP contribution in [0.2, 0.25) is 5.02 Å². The lowest BCUT2D eigenvalue weighted by Gasteiger charge is -2.06. The Balaban J connectivity index is 2.69. The molecule has 0 atom stereocenters. The minimum absolute atomic E-state index is 0.258. The van der Waals surface area contributed by atoms with E-state index < -0.39 is 0 Å². The zero-order valence-electron chi connectivity index (χ0n) is 8.61. The molecule has 0 aliphatic heterocycles. The first-order chi connectivity index (χ1) is 7.63. The third-order valence-corrected chi connectivity index (χ3v) is 2.57. The Morgan fingerprint density at radius 1 is 1.50 bits per heavy atom. The van der Waals surface area contributed by atoms with Crippen molar-refractivity contribution in [2.45, 2.75) is 6.92 Å². The molecular formula is C11H9ClN4. The van der Waals surface area contributed by atoms with Crippen molar-refractivity contribution < 1.29 is 0 Å². The molecule has 0 amide bonds. The van der Waals surface area contributed by atoms with Gasteiger partial charge < -0.3 is 5.73 Å². The molecule has 5 heteroatoms. The Kier molecular flexibility index (Phi) is 2.55. The lowest BCUT2D eigenvalue weighted by atomic mass is 10.1. The lowest BCUT2D eigenvalue weighted by Crippen LogP contribution is -2.01. The van der Waals surface area contributed by atoms with Crippen molar-refractivity contribution >= 4 is 17.4 Å². The van der Waals surface area contributed by atoms with Gasteiger partial charge in [0.05, 0.1) is 17.4 Å². The number of anilines is 1. The first-order valence-electron chi connectivity index (χ1n) is 4.64. The maximum Gasteiger partial charge on any atom is 0.164 e. The number of hydrogen-bond acceptors (Lipinski definition) is 3. The van der Waals surface area contributed by atoms with Crippen molar-refractivity contribution in [3.63, 3.8) is 0 Å². The number of benzene rings is 1. The first kappa shape index (κ1) is 10.5. The van der Waals surface area contributed by atoms with E-state index in [4.69, 9.17) is 22.6 Å². The second-order valence-electron chi connectivity index (χ2n) is 3.39. The molecule has 1 aromatic heterocycles. The Morgan fingerprint density at radius 3 is 2.81 bits per heavy atom. The maximum absolute atomic E-state index is 9.02. The molecule has 2 rings (SSSR count). The van der Waals surface area contributed by atoms with Crippen LogP contribution in [0.4, 0.5) is 5.82 Å². The largest absolute Gasteiger partial charge is 0.381 e. The van der Waals surface area contributed by atoms with E-state index in [-0.39, 0.29) is 5.82 Å². The second-order valence-corrected chi connectivity index (χ2v) is 3.80. The Labute approximate surface area is 97.9 Å². The second kappa shape index (κ2) is 3.87. The van der Waals surface area contributed by atoms with Crippen LogP contribution in [0.25, 0.3) is 5.69 Å². The molecule has 1 heterocycles. The number of rotatable bonds is 1. The van der Waals surface area contributed by atoms with E-state index in [9.17, 15) is 0 Å². The molecule has 16 heavy (non-hydrogen) atoms. The number of nitrogens with zero attached hydrogens (tertiary/aromatic N) is 3. The zero-order chi connectivity index (χ0) is 11.7. The summed E-state index contributed by atoms with van der Waals surface area (Å²) in [6, 6.07) is 7.58. The summed E-state index contributed by atoms with van der Waals surface area (Å²) >= 11 is 5.84. The number of halogens is 1. The topological polar surface area (TPSA) is 67.6 Å². The van der Waals surface area contributed by atoms with Gasteiger partial charge in [0.1, 0.15) is 11.1 Å². The average molecular weight is 233 g/mol. The van der Waals surface area contributed by atoms with Gasteiger partial charge in [0.2, 0.25) is 0 Å². The number of hydrogen-bond donors (Lipinski definition) is 1. The smallest absolute Gasteiger partial charge is 0.164 e. The molecule has 0 aliphatic rings. The van der Waals surface area contributed by atoms with Crippen LogP contribution in [0.3, 0.4) is 0 Å². The number of nitrogen functional groups attached to an aromatic ring is 1. The molecular weight excluding hydrogens is 224 g/mol. The number of nitriles is 1. The van der Waals surface area contributed by atoms with Gasteiger partial charge in [-0.2, -0.15) is 5.26 Å². The van der Waals surface area contributed by atoms with E-state index in [0.717, 1.165) is 5.56 Å². The van der Waals surface area contributed by atoms with Gasteiger partial charge in [-0.1, -0.05) is 23.7 Å². The molecule has 2 aromatic rings. The normalized spacial score (nSPS) is 10.1. The molecule has 0 saturated carbocycles. The maximum atomic E-state index is 9.02. The molecule has 0 bridgehead atoms. The number of nitrogens with two attached hydrogens (primary N) is 1. The number of aromatic nitrogens is 2. The van der Waals surface area contributed by atoms with Crippen LogP contribution in [0.5, 0.6) is 0 Å². The van der Waals surface area contributed by atoms with Crippen molar-refractivity contribution in [2.75, 3.05) is 5.73 Å². The summed E-state index contributed by atoms with van der Waals surface area (Å²) in [6.07, 6.45) is 1.60. The highest BCUT2D eigenvalue weighted by molar-refractivity contribution is 6.32. The molecule has 1 aromatic carbocycles. The van der Waals surface area contributed by atoms with Crippen molar-refractivity contribution in [1.82, 2.24) is 9.78 Å². The molecule has 0 aliphatic carbocycles. The van der Waals surface area contributed by atoms with Crippen molar-refractivity contribution in [3.05, 3.63) is 40.5 Å². The van der Waals surface area contributed by atoms with Gasteiger partial charge in [-0.3, -0.25) is 0 Å². The van der Waals surface area contributed by atoms with Crippen LogP contribution in [0, 0.1) is 18.3 Å². The van der Waals surface area contributed by atoms with Gasteiger partial charge >= 0.3 is 0 Å². The summed E-state index contributed by atoms with van der Waals surface area (Å²) in [5.41, 5.74) is 7.77. The fourth-order valence-electron chi connectivity index (χ4n) is 1.53. The highest BCUT2D eigenvalue weighted by Crippen LogP contribution is 2.23. The van der Waals surface area contributed by atoms with E-state index in [0.29, 0.717) is 16.3 Å². The quantitative estimate of drug-likeness (QED) is 0.820. The van der Waals surface area contributed by atoms with E-state index in [1.54, 1.807) is 12.3 Å². The van der Waals surface area contributed by atoms with Gasteiger partial charge in [0.25, 0.3) is 0 Å². The first-order valence-corrected chi connectivity index (χ1v) is 5.02. The predicted octanol–water partition coefficient (Wildman–Crippen LogP) is 2.29. The SMILES string of the molecule is Cc1cccc(C#N)c1-n1cc(Cl)c(N)n1. The van der Waals surface area contributed by atoms with Crippen molar-refractivity contribution in [1.29, 1.82) is 5.26 Å². The van der Waals surface area contributed by atoms with E-state index in [1.165, 1.54) is 4.68 Å². The van der Waals surface area contributed by atoms with Crippen LogP contribution >= 0.6 is 11.6 Å². The third kappa shape index (κ3) is 1.62. The van der Waals surface area contributed by atoms with Crippen LogP contribution in [-0.2, 0) is 0 Å². The third-order valence-electron chi connectivity index (χ3n) is 2.28. The van der Waals surface area contributed by atoms with Crippen LogP contribution in [0.1, 0.15) is 11.1 Å². The van der Waals surface area contributed by atoms with Crippen molar-refractivity contribution in [3.8, 4) is 11.8 Å². The summed E-state index contributed by atoms with van der Waals surface area (Å²) in [4.78, 5) is 0. The minimum atomic E-state index is 0.258. The predicted molar refractivity (Wildman–Crippen MR) is 62.4 cm³/mol. The summed E-state index contributed by atoms with van der Waals surface area (Å²) in [5, 5.41) is 13.5. The standard InChI is InChI=1S/C11H9ClN4/c1-7-3-2-4-8(5-13)10(7)16-6-9(12)11(14)15-16/h2-4,6H,1H3,(H2,14,15). The van der Waals surface area contributed by atoms with Crippen LogP contribution in [0.15, 0.2) is 24.4 Å². The lowest BCUT2D eigenvalue weighted by molar-refractivity contribution is 0.874. The molecule has 0 unspecified atom stereocenters. The molecule has 0 fully saturated rings. The summed E-state index contributed by atoms with van der Waals surface area (Å²) < 4.78 is 1.53. The fraction of sp³-hybridized carbons (Fsp3) is 0.0909. The summed E-state index contributed by atoms with van der Waals surface area (Å²) in [5.74, 6) is 0.258. The van der Waals surface area contributed by atoms with Gasteiger partial charge in [0, 0.05) is 0 Å². The van der Waals surface area contributed by atoms with E-state index >= 15 is 0 Å². The minimum Gasteiger partial charge on any atom is -0.381 e. The highest BCUT2D eigenvalue weighted by atomic mass is 35.5. The van der Waals surface area contributed by atoms with Gasteiger partial charge in [-0.05, 0) is 18.6 Å². The summed E-state index contributed by atoms with van der Waals surface area (Å²) in [7, 11) is 0. The Bertz CT molecular complexity index is 561. The van der Waals surface area contributed by atoms with Gasteiger partial charge in [-0.15, -0.1) is 5.10 Å². The Hall–Kier alpha value is -1.99. The highest BCUT2D eigenvalue weighted by Gasteiger charge is 2.10. The van der Waals surface area contributed by atoms with Crippen LogP contribution < -0.4 is 5.73 Å². The number of para-hydroxylation sites is 1. The molecule has 0 spiro atoms. The Morgan fingerprint density at radius 2 is 2.25 bits per heavy atom. The molecule has 2 N–H and O–H groups in total. The average Bonchev–Trinajstić information content (AvgIpc) is 2.58. The monoisotopic (exact) mass is 232 g/mol. The van der Waals surface area contributed by atoms with Gasteiger partial charge in [-0.25, -0.2) is 4.68 Å². The van der Waals surface area contributed by atoms with Crippen LogP contribution in [-0.4, -0.2) is 9.78 Å². The molecule has 80 valence electrons. The van der Waals surface area contributed by atoms with Crippen molar-refractivity contribution in [2.24, 2.45) is 0 Å². The number of aryl methyl sites for hydroxylation is 1. The summed E-state index contributed by atoms with van der Waals surface area (Å²) in [6.45, 7) is 1.90.